The highest BCUT2D eigenvalue weighted by atomic mass is 16.6. The van der Waals surface area contributed by atoms with Gasteiger partial charge in [0.2, 0.25) is 5.76 Å². The predicted molar refractivity (Wildman–Crippen MR) is 74.6 cm³/mol. The molecule has 1 amide bonds. The second kappa shape index (κ2) is 5.47. The van der Waals surface area contributed by atoms with Crippen LogP contribution in [0.3, 0.4) is 0 Å². The first-order valence-electron chi connectivity index (χ1n) is 6.77. The van der Waals surface area contributed by atoms with Crippen molar-refractivity contribution in [2.75, 3.05) is 13.2 Å². The van der Waals surface area contributed by atoms with Crippen molar-refractivity contribution < 1.29 is 18.8 Å². The summed E-state index contributed by atoms with van der Waals surface area (Å²) in [5.41, 5.74) is 1.61. The second-order valence-corrected chi connectivity index (χ2v) is 4.93. The standard InChI is InChI=1S/C15H16N2O4/c1-9-7-14(21-17-9)15(18)16-10(2)11-3-4-12-13(8-11)20-6-5-19-12/h3-4,7-8,10H,5-6H2,1-2H3,(H,16,18). The Bertz CT molecular complexity index is 665. The summed E-state index contributed by atoms with van der Waals surface area (Å²) in [6, 6.07) is 7.06. The molecule has 1 aromatic carbocycles. The minimum Gasteiger partial charge on any atom is -0.486 e. The Morgan fingerprint density at radius 1 is 1.24 bits per heavy atom. The average molecular weight is 288 g/mol. The van der Waals surface area contributed by atoms with E-state index >= 15 is 0 Å². The Morgan fingerprint density at radius 2 is 2.00 bits per heavy atom. The lowest BCUT2D eigenvalue weighted by molar-refractivity contribution is 0.0902. The summed E-state index contributed by atoms with van der Waals surface area (Å²) in [6.07, 6.45) is 0. The molecule has 6 heteroatoms. The van der Waals surface area contributed by atoms with Crippen LogP contribution in [0.4, 0.5) is 0 Å². The first-order chi connectivity index (χ1) is 10.1. The van der Waals surface area contributed by atoms with Crippen LogP contribution in [0.2, 0.25) is 0 Å². The monoisotopic (exact) mass is 288 g/mol. The Balaban J connectivity index is 1.73. The van der Waals surface area contributed by atoms with Crippen LogP contribution in [0.1, 0.15) is 34.8 Å². The quantitative estimate of drug-likeness (QED) is 0.937. The molecule has 2 aromatic rings. The van der Waals surface area contributed by atoms with Gasteiger partial charge in [0.15, 0.2) is 11.5 Å². The Morgan fingerprint density at radius 3 is 2.71 bits per heavy atom. The van der Waals surface area contributed by atoms with E-state index in [0.29, 0.717) is 24.7 Å². The van der Waals surface area contributed by atoms with Crippen molar-refractivity contribution in [2.24, 2.45) is 0 Å². The van der Waals surface area contributed by atoms with Crippen LogP contribution in [0.15, 0.2) is 28.8 Å². The molecule has 2 heterocycles. The molecule has 1 atom stereocenters. The summed E-state index contributed by atoms with van der Waals surface area (Å²) in [6.45, 7) is 4.76. The number of fused-ring (bicyclic) bond motifs is 1. The van der Waals surface area contributed by atoms with Gasteiger partial charge in [0, 0.05) is 6.07 Å². The highest BCUT2D eigenvalue weighted by Gasteiger charge is 2.18. The Labute approximate surface area is 122 Å². The zero-order chi connectivity index (χ0) is 14.8. The summed E-state index contributed by atoms with van der Waals surface area (Å²) < 4.78 is 16.0. The second-order valence-electron chi connectivity index (χ2n) is 4.93. The normalized spacial score (nSPS) is 14.6. The van der Waals surface area contributed by atoms with Gasteiger partial charge in [-0.05, 0) is 31.5 Å². The van der Waals surface area contributed by atoms with Gasteiger partial charge in [-0.25, -0.2) is 0 Å². The van der Waals surface area contributed by atoms with Gasteiger partial charge in [0.25, 0.3) is 5.91 Å². The maximum atomic E-state index is 12.0. The Hall–Kier alpha value is -2.50. The van der Waals surface area contributed by atoms with Crippen molar-refractivity contribution in [3.8, 4) is 11.5 Å². The van der Waals surface area contributed by atoms with Crippen molar-refractivity contribution in [1.82, 2.24) is 10.5 Å². The lowest BCUT2D eigenvalue weighted by atomic mass is 10.1. The molecule has 1 aliphatic heterocycles. The third-order valence-corrected chi connectivity index (χ3v) is 3.27. The zero-order valence-corrected chi connectivity index (χ0v) is 11.9. The van der Waals surface area contributed by atoms with E-state index in [9.17, 15) is 4.79 Å². The molecular weight excluding hydrogens is 272 g/mol. The highest BCUT2D eigenvalue weighted by molar-refractivity contribution is 5.91. The van der Waals surface area contributed by atoms with E-state index < -0.39 is 0 Å². The van der Waals surface area contributed by atoms with E-state index in [-0.39, 0.29) is 17.7 Å². The van der Waals surface area contributed by atoms with Gasteiger partial charge >= 0.3 is 0 Å². The van der Waals surface area contributed by atoms with E-state index in [0.717, 1.165) is 11.3 Å². The van der Waals surface area contributed by atoms with Crippen molar-refractivity contribution in [2.45, 2.75) is 19.9 Å². The lowest BCUT2D eigenvalue weighted by Crippen LogP contribution is -2.26. The minimum absolute atomic E-state index is 0.182. The van der Waals surface area contributed by atoms with Crippen LogP contribution < -0.4 is 14.8 Å². The summed E-state index contributed by atoms with van der Waals surface area (Å²) in [5.74, 6) is 1.35. The van der Waals surface area contributed by atoms with Gasteiger partial charge in [-0.1, -0.05) is 11.2 Å². The van der Waals surface area contributed by atoms with Crippen LogP contribution in [-0.2, 0) is 0 Å². The highest BCUT2D eigenvalue weighted by Crippen LogP contribution is 2.32. The van der Waals surface area contributed by atoms with Gasteiger partial charge in [-0.15, -0.1) is 0 Å². The minimum atomic E-state index is -0.294. The van der Waals surface area contributed by atoms with Crippen molar-refractivity contribution in [3.63, 3.8) is 0 Å². The van der Waals surface area contributed by atoms with Crippen molar-refractivity contribution in [1.29, 1.82) is 0 Å². The van der Waals surface area contributed by atoms with Gasteiger partial charge in [-0.2, -0.15) is 0 Å². The number of carbonyl (C=O) groups is 1. The lowest BCUT2D eigenvalue weighted by Gasteiger charge is -2.20. The van der Waals surface area contributed by atoms with E-state index in [1.807, 2.05) is 25.1 Å². The number of rotatable bonds is 3. The SMILES string of the molecule is Cc1cc(C(=O)NC(C)c2ccc3c(c2)OCCO3)on1. The molecule has 0 spiro atoms. The largest absolute Gasteiger partial charge is 0.486 e. The fraction of sp³-hybridized carbons (Fsp3) is 0.333. The summed E-state index contributed by atoms with van der Waals surface area (Å²) in [7, 11) is 0. The van der Waals surface area contributed by atoms with Crippen LogP contribution in [0.25, 0.3) is 0 Å². The maximum absolute atomic E-state index is 12.0. The van der Waals surface area contributed by atoms with E-state index in [1.54, 1.807) is 13.0 Å². The number of amides is 1. The summed E-state index contributed by atoms with van der Waals surface area (Å²) in [5, 5.41) is 6.57. The Kier molecular flexibility index (Phi) is 3.51. The predicted octanol–water partition coefficient (Wildman–Crippen LogP) is 2.25. The molecule has 21 heavy (non-hydrogen) atoms. The number of carbonyl (C=O) groups excluding carboxylic acids is 1. The van der Waals surface area contributed by atoms with Crippen LogP contribution in [0.5, 0.6) is 11.5 Å². The van der Waals surface area contributed by atoms with Crippen LogP contribution in [0, 0.1) is 6.92 Å². The summed E-state index contributed by atoms with van der Waals surface area (Å²) in [4.78, 5) is 12.0. The third kappa shape index (κ3) is 2.84. The molecule has 0 saturated carbocycles. The number of aryl methyl sites for hydroxylation is 1. The van der Waals surface area contributed by atoms with Crippen LogP contribution in [-0.4, -0.2) is 24.3 Å². The smallest absolute Gasteiger partial charge is 0.290 e. The first kappa shape index (κ1) is 13.5. The molecule has 0 saturated heterocycles. The maximum Gasteiger partial charge on any atom is 0.290 e. The molecule has 0 fully saturated rings. The topological polar surface area (TPSA) is 73.6 Å². The molecule has 1 aliphatic rings. The average Bonchev–Trinajstić information content (AvgIpc) is 2.93. The van der Waals surface area contributed by atoms with E-state index in [2.05, 4.69) is 10.5 Å². The third-order valence-electron chi connectivity index (χ3n) is 3.27. The number of hydrogen-bond donors (Lipinski definition) is 1. The first-order valence-corrected chi connectivity index (χ1v) is 6.77. The molecule has 110 valence electrons. The molecule has 0 bridgehead atoms. The number of ether oxygens (including phenoxy) is 2. The van der Waals surface area contributed by atoms with Gasteiger partial charge in [-0.3, -0.25) is 4.79 Å². The molecule has 1 unspecified atom stereocenters. The molecule has 1 aromatic heterocycles. The van der Waals surface area contributed by atoms with E-state index in [1.165, 1.54) is 0 Å². The fourth-order valence-electron chi connectivity index (χ4n) is 2.15. The van der Waals surface area contributed by atoms with Gasteiger partial charge < -0.3 is 19.3 Å². The number of aromatic nitrogens is 1. The van der Waals surface area contributed by atoms with Crippen molar-refractivity contribution in [3.05, 3.63) is 41.3 Å². The molecule has 1 N–H and O–H groups in total. The zero-order valence-electron chi connectivity index (χ0n) is 11.9. The number of hydrogen-bond acceptors (Lipinski definition) is 5. The molecule has 3 rings (SSSR count). The number of nitrogens with one attached hydrogen (secondary N) is 1. The number of benzene rings is 1. The van der Waals surface area contributed by atoms with Gasteiger partial charge in [0.1, 0.15) is 13.2 Å². The van der Waals surface area contributed by atoms with Crippen molar-refractivity contribution >= 4 is 5.91 Å². The summed E-state index contributed by atoms with van der Waals surface area (Å²) >= 11 is 0. The molecule has 6 nitrogen and oxygen atoms in total. The van der Waals surface area contributed by atoms with Crippen LogP contribution >= 0.6 is 0 Å². The molecule has 0 aliphatic carbocycles. The number of nitrogens with zero attached hydrogens (tertiary/aromatic N) is 1. The molecule has 0 radical (unpaired) electrons. The molecular formula is C15H16N2O4. The van der Waals surface area contributed by atoms with Gasteiger partial charge in [0.05, 0.1) is 11.7 Å². The fourth-order valence-corrected chi connectivity index (χ4v) is 2.15. The van der Waals surface area contributed by atoms with E-state index in [4.69, 9.17) is 14.0 Å².